The molecule has 4 nitrogen and oxygen atoms in total. The highest BCUT2D eigenvalue weighted by molar-refractivity contribution is 5.37. The summed E-state index contributed by atoms with van der Waals surface area (Å²) in [6.07, 6.45) is 3.85. The van der Waals surface area contributed by atoms with Crippen molar-refractivity contribution in [1.29, 1.82) is 0 Å². The van der Waals surface area contributed by atoms with Crippen LogP contribution in [0, 0.1) is 5.92 Å². The lowest BCUT2D eigenvalue weighted by molar-refractivity contribution is -0.137. The molecule has 0 amide bonds. The van der Waals surface area contributed by atoms with E-state index >= 15 is 0 Å². The second kappa shape index (κ2) is 6.90. The summed E-state index contributed by atoms with van der Waals surface area (Å²) in [5.74, 6) is 0.371. The minimum absolute atomic E-state index is 0.0294. The van der Waals surface area contributed by atoms with Crippen molar-refractivity contribution in [2.45, 2.75) is 44.8 Å². The summed E-state index contributed by atoms with van der Waals surface area (Å²) in [4.78, 5) is 24.7. The van der Waals surface area contributed by atoms with Crippen LogP contribution in [0.2, 0.25) is 0 Å². The quantitative estimate of drug-likeness (QED) is 0.793. The van der Waals surface area contributed by atoms with Crippen molar-refractivity contribution in [2.75, 3.05) is 0 Å². The molecular weight excluding hydrogens is 333 g/mol. The maximum absolute atomic E-state index is 12.8. The van der Waals surface area contributed by atoms with Crippen LogP contribution in [0.4, 0.5) is 13.2 Å². The van der Waals surface area contributed by atoms with E-state index in [0.29, 0.717) is 12.5 Å². The average Bonchev–Trinajstić information content (AvgIpc) is 2.59. The van der Waals surface area contributed by atoms with Gasteiger partial charge in [-0.3, -0.25) is 14.2 Å². The van der Waals surface area contributed by atoms with E-state index in [4.69, 9.17) is 0 Å². The molecule has 3 rings (SSSR count). The highest BCUT2D eigenvalue weighted by atomic mass is 19.4. The van der Waals surface area contributed by atoms with Gasteiger partial charge in [-0.25, -0.2) is 0 Å². The van der Waals surface area contributed by atoms with Crippen molar-refractivity contribution in [2.24, 2.45) is 5.92 Å². The fourth-order valence-corrected chi connectivity index (χ4v) is 3.34. The van der Waals surface area contributed by atoms with E-state index in [1.54, 1.807) is 0 Å². The number of hydrogen-bond acceptors (Lipinski definition) is 2. The highest BCUT2D eigenvalue weighted by Gasteiger charge is 2.30. The summed E-state index contributed by atoms with van der Waals surface area (Å²) in [5, 5.41) is 0. The predicted molar refractivity (Wildman–Crippen MR) is 87.9 cm³/mol. The first-order valence-corrected chi connectivity index (χ1v) is 8.36. The molecule has 0 N–H and O–H groups in total. The minimum Gasteiger partial charge on any atom is -0.309 e. The maximum atomic E-state index is 12.8. The van der Waals surface area contributed by atoms with E-state index in [1.165, 1.54) is 35.5 Å². The molecule has 0 aliphatic heterocycles. The van der Waals surface area contributed by atoms with Crippen LogP contribution < -0.4 is 11.1 Å². The van der Waals surface area contributed by atoms with Gasteiger partial charge < -0.3 is 4.57 Å². The van der Waals surface area contributed by atoms with Gasteiger partial charge in [-0.05, 0) is 37.0 Å². The Hall–Kier alpha value is -2.31. The molecular formula is C18H19F3N2O2. The minimum atomic E-state index is -4.50. The SMILES string of the molecule is O=c1c(=O)n(-c2cccc(C(F)(F)F)c2)ccn1CC1CCCCC1. The summed E-state index contributed by atoms with van der Waals surface area (Å²) in [7, 11) is 0. The molecule has 1 aromatic heterocycles. The Morgan fingerprint density at radius 2 is 1.72 bits per heavy atom. The molecule has 1 fully saturated rings. The van der Waals surface area contributed by atoms with Crippen molar-refractivity contribution < 1.29 is 13.2 Å². The Labute approximate surface area is 142 Å². The van der Waals surface area contributed by atoms with Gasteiger partial charge in [0, 0.05) is 24.6 Å². The van der Waals surface area contributed by atoms with Gasteiger partial charge in [-0.15, -0.1) is 0 Å². The van der Waals surface area contributed by atoms with Gasteiger partial charge in [0.15, 0.2) is 0 Å². The molecule has 0 bridgehead atoms. The summed E-state index contributed by atoms with van der Waals surface area (Å²) in [5.41, 5.74) is -2.37. The second-order valence-electron chi connectivity index (χ2n) is 6.48. The topological polar surface area (TPSA) is 44.0 Å². The number of alkyl halides is 3. The van der Waals surface area contributed by atoms with Crippen LogP contribution in [0.3, 0.4) is 0 Å². The predicted octanol–water partition coefficient (Wildman–Crippen LogP) is 3.60. The lowest BCUT2D eigenvalue weighted by Crippen LogP contribution is -2.41. The number of halogens is 3. The molecule has 2 aromatic rings. The van der Waals surface area contributed by atoms with Gasteiger partial charge in [-0.2, -0.15) is 13.2 Å². The zero-order chi connectivity index (χ0) is 18.0. The molecule has 0 unspecified atom stereocenters. The van der Waals surface area contributed by atoms with E-state index in [9.17, 15) is 22.8 Å². The Bertz CT molecular complexity index is 862. The second-order valence-corrected chi connectivity index (χ2v) is 6.48. The number of hydrogen-bond donors (Lipinski definition) is 0. The standard InChI is InChI=1S/C18H19F3N2O2/c19-18(20,21)14-7-4-8-15(11-14)23-10-9-22(16(24)17(23)25)12-13-5-2-1-3-6-13/h4,7-11,13H,1-3,5-6,12H2. The zero-order valence-corrected chi connectivity index (χ0v) is 13.6. The third-order valence-corrected chi connectivity index (χ3v) is 4.69. The Balaban J connectivity index is 1.93. The molecule has 0 spiro atoms. The average molecular weight is 352 g/mol. The van der Waals surface area contributed by atoms with Crippen LogP contribution in [-0.2, 0) is 12.7 Å². The largest absolute Gasteiger partial charge is 0.416 e. The van der Waals surface area contributed by atoms with Crippen LogP contribution >= 0.6 is 0 Å². The lowest BCUT2D eigenvalue weighted by atomic mass is 9.89. The van der Waals surface area contributed by atoms with E-state index in [2.05, 4.69) is 0 Å². The van der Waals surface area contributed by atoms with Gasteiger partial charge in [0.1, 0.15) is 0 Å². The van der Waals surface area contributed by atoms with Crippen LogP contribution in [-0.4, -0.2) is 9.13 Å². The Morgan fingerprint density at radius 3 is 2.40 bits per heavy atom. The normalized spacial score (nSPS) is 16.1. The van der Waals surface area contributed by atoms with Crippen LogP contribution in [0.15, 0.2) is 46.2 Å². The first-order valence-electron chi connectivity index (χ1n) is 8.36. The Morgan fingerprint density at radius 1 is 1.00 bits per heavy atom. The Kier molecular flexibility index (Phi) is 4.83. The number of aromatic nitrogens is 2. The van der Waals surface area contributed by atoms with Gasteiger partial charge in [0.05, 0.1) is 5.56 Å². The zero-order valence-electron chi connectivity index (χ0n) is 13.6. The van der Waals surface area contributed by atoms with Gasteiger partial charge >= 0.3 is 17.3 Å². The number of rotatable bonds is 3. The third kappa shape index (κ3) is 3.86. The van der Waals surface area contributed by atoms with E-state index in [-0.39, 0.29) is 5.69 Å². The van der Waals surface area contributed by atoms with Crippen LogP contribution in [0.5, 0.6) is 0 Å². The molecule has 0 saturated heterocycles. The van der Waals surface area contributed by atoms with Crippen molar-refractivity contribution in [1.82, 2.24) is 9.13 Å². The first-order chi connectivity index (χ1) is 11.9. The molecule has 1 aliphatic carbocycles. The summed E-state index contributed by atoms with van der Waals surface area (Å²) in [6.45, 7) is 0.484. The third-order valence-electron chi connectivity index (χ3n) is 4.69. The van der Waals surface area contributed by atoms with Crippen molar-refractivity contribution in [3.63, 3.8) is 0 Å². The van der Waals surface area contributed by atoms with Gasteiger partial charge in [-0.1, -0.05) is 25.3 Å². The fraction of sp³-hybridized carbons (Fsp3) is 0.444. The molecule has 0 radical (unpaired) electrons. The molecule has 1 heterocycles. The van der Waals surface area contributed by atoms with Gasteiger partial charge in [0.25, 0.3) is 0 Å². The van der Waals surface area contributed by atoms with E-state index in [1.807, 2.05) is 0 Å². The number of benzene rings is 1. The van der Waals surface area contributed by atoms with Crippen LogP contribution in [0.25, 0.3) is 5.69 Å². The van der Waals surface area contributed by atoms with E-state index in [0.717, 1.165) is 42.4 Å². The molecule has 0 atom stereocenters. The first kappa shape index (κ1) is 17.5. The lowest BCUT2D eigenvalue weighted by Gasteiger charge is -2.22. The van der Waals surface area contributed by atoms with Crippen molar-refractivity contribution in [3.8, 4) is 5.69 Å². The smallest absolute Gasteiger partial charge is 0.309 e. The molecule has 1 aliphatic rings. The summed E-state index contributed by atoms with van der Waals surface area (Å²) >= 11 is 0. The van der Waals surface area contributed by atoms with Crippen LogP contribution in [0.1, 0.15) is 37.7 Å². The highest BCUT2D eigenvalue weighted by Crippen LogP contribution is 2.30. The van der Waals surface area contributed by atoms with E-state index < -0.39 is 22.9 Å². The monoisotopic (exact) mass is 352 g/mol. The molecule has 134 valence electrons. The molecule has 1 aromatic carbocycles. The van der Waals surface area contributed by atoms with Crippen molar-refractivity contribution in [3.05, 3.63) is 62.9 Å². The maximum Gasteiger partial charge on any atom is 0.416 e. The van der Waals surface area contributed by atoms with Crippen molar-refractivity contribution >= 4 is 0 Å². The summed E-state index contributed by atoms with van der Waals surface area (Å²) < 4.78 is 40.8. The number of nitrogens with zero attached hydrogens (tertiary/aromatic N) is 2. The fourth-order valence-electron chi connectivity index (χ4n) is 3.34. The molecule has 1 saturated carbocycles. The summed E-state index contributed by atoms with van der Waals surface area (Å²) in [6, 6.07) is 4.39. The molecule has 7 heteroatoms. The van der Waals surface area contributed by atoms with Gasteiger partial charge in [0.2, 0.25) is 0 Å². The molecule has 25 heavy (non-hydrogen) atoms.